The van der Waals surface area contributed by atoms with Crippen molar-refractivity contribution in [1.82, 2.24) is 0 Å². The number of benzene rings is 2. The summed E-state index contributed by atoms with van der Waals surface area (Å²) < 4.78 is 5.05. The number of anilines is 2. The van der Waals surface area contributed by atoms with Crippen LogP contribution in [0.3, 0.4) is 0 Å². The van der Waals surface area contributed by atoms with Gasteiger partial charge in [0.15, 0.2) is 6.61 Å². The van der Waals surface area contributed by atoms with Crippen molar-refractivity contribution in [3.63, 3.8) is 0 Å². The van der Waals surface area contributed by atoms with E-state index in [1.165, 1.54) is 6.92 Å². The molecule has 2 N–H and O–H groups in total. The summed E-state index contributed by atoms with van der Waals surface area (Å²) in [7, 11) is 0. The van der Waals surface area contributed by atoms with Crippen molar-refractivity contribution in [3.05, 3.63) is 59.7 Å². The van der Waals surface area contributed by atoms with Crippen LogP contribution in [0.2, 0.25) is 0 Å². The SMILES string of the molecule is CC(=O)Nc1ccc(CC(=O)OCC(=O)Nc2ccccc2C(C)C)cc1. The molecular weight excluding hydrogens is 344 g/mol. The number of hydrogen-bond donors (Lipinski definition) is 2. The van der Waals surface area contributed by atoms with Gasteiger partial charge < -0.3 is 15.4 Å². The second-order valence-corrected chi connectivity index (χ2v) is 6.51. The van der Waals surface area contributed by atoms with Gasteiger partial charge in [-0.3, -0.25) is 14.4 Å². The standard InChI is InChI=1S/C21H24N2O4/c1-14(2)18-6-4-5-7-19(18)23-20(25)13-27-21(26)12-16-8-10-17(11-9-16)22-15(3)24/h4-11,14H,12-13H2,1-3H3,(H,22,24)(H,23,25). The molecule has 0 radical (unpaired) electrons. The van der Waals surface area contributed by atoms with E-state index in [2.05, 4.69) is 10.6 Å². The first-order valence-corrected chi connectivity index (χ1v) is 8.76. The van der Waals surface area contributed by atoms with Gasteiger partial charge in [-0.2, -0.15) is 0 Å². The van der Waals surface area contributed by atoms with Crippen molar-refractivity contribution < 1.29 is 19.1 Å². The average molecular weight is 368 g/mol. The number of para-hydroxylation sites is 1. The fraction of sp³-hybridized carbons (Fsp3) is 0.286. The molecule has 2 amide bonds. The van der Waals surface area contributed by atoms with Crippen molar-refractivity contribution in [3.8, 4) is 0 Å². The Balaban J connectivity index is 1.83. The smallest absolute Gasteiger partial charge is 0.310 e. The summed E-state index contributed by atoms with van der Waals surface area (Å²) in [6, 6.07) is 14.4. The molecule has 6 heteroatoms. The van der Waals surface area contributed by atoms with Crippen LogP contribution in [0.25, 0.3) is 0 Å². The first-order chi connectivity index (χ1) is 12.8. The van der Waals surface area contributed by atoms with Crippen LogP contribution in [0.5, 0.6) is 0 Å². The lowest BCUT2D eigenvalue weighted by molar-refractivity contribution is -0.146. The van der Waals surface area contributed by atoms with Crippen LogP contribution in [-0.4, -0.2) is 24.4 Å². The predicted octanol–water partition coefficient (Wildman–Crippen LogP) is 3.49. The van der Waals surface area contributed by atoms with Gasteiger partial charge in [0.25, 0.3) is 5.91 Å². The van der Waals surface area contributed by atoms with E-state index in [1.807, 2.05) is 38.1 Å². The molecule has 0 aliphatic heterocycles. The molecule has 0 heterocycles. The molecule has 0 aromatic heterocycles. The van der Waals surface area contributed by atoms with Crippen molar-refractivity contribution in [2.45, 2.75) is 33.1 Å². The van der Waals surface area contributed by atoms with Gasteiger partial charge in [-0.1, -0.05) is 44.2 Å². The molecule has 6 nitrogen and oxygen atoms in total. The molecule has 0 bridgehead atoms. The summed E-state index contributed by atoms with van der Waals surface area (Å²) >= 11 is 0. The summed E-state index contributed by atoms with van der Waals surface area (Å²) in [5.74, 6) is -0.760. The Hall–Kier alpha value is -3.15. The third kappa shape index (κ3) is 6.58. The number of carbonyl (C=O) groups is 3. The topological polar surface area (TPSA) is 84.5 Å². The third-order valence-electron chi connectivity index (χ3n) is 3.84. The molecule has 2 aromatic carbocycles. The number of ether oxygens (including phenoxy) is 1. The molecule has 2 rings (SSSR count). The zero-order chi connectivity index (χ0) is 19.8. The van der Waals surface area contributed by atoms with Crippen LogP contribution in [0.15, 0.2) is 48.5 Å². The highest BCUT2D eigenvalue weighted by Gasteiger charge is 2.12. The molecular formula is C21H24N2O4. The zero-order valence-electron chi connectivity index (χ0n) is 15.7. The highest BCUT2D eigenvalue weighted by Crippen LogP contribution is 2.23. The Morgan fingerprint density at radius 3 is 2.26 bits per heavy atom. The van der Waals surface area contributed by atoms with E-state index in [0.29, 0.717) is 5.69 Å². The van der Waals surface area contributed by atoms with Crippen molar-refractivity contribution in [2.24, 2.45) is 0 Å². The van der Waals surface area contributed by atoms with Gasteiger partial charge >= 0.3 is 5.97 Å². The predicted molar refractivity (Wildman–Crippen MR) is 105 cm³/mol. The third-order valence-corrected chi connectivity index (χ3v) is 3.84. The Kier molecular flexibility index (Phi) is 7.11. The minimum absolute atomic E-state index is 0.0518. The second-order valence-electron chi connectivity index (χ2n) is 6.51. The van der Waals surface area contributed by atoms with Crippen LogP contribution in [0.4, 0.5) is 11.4 Å². The summed E-state index contributed by atoms with van der Waals surface area (Å²) in [4.78, 5) is 35.0. The normalized spacial score (nSPS) is 10.4. The van der Waals surface area contributed by atoms with Crippen molar-refractivity contribution in [1.29, 1.82) is 0 Å². The highest BCUT2D eigenvalue weighted by molar-refractivity contribution is 5.93. The van der Waals surface area contributed by atoms with Gasteiger partial charge in [0.05, 0.1) is 6.42 Å². The van der Waals surface area contributed by atoms with Crippen LogP contribution in [-0.2, 0) is 25.5 Å². The maximum atomic E-state index is 12.1. The monoisotopic (exact) mass is 368 g/mol. The Bertz CT molecular complexity index is 813. The Morgan fingerprint density at radius 1 is 0.963 bits per heavy atom. The first kappa shape index (κ1) is 20.2. The number of carbonyl (C=O) groups excluding carboxylic acids is 3. The molecule has 142 valence electrons. The van der Waals surface area contributed by atoms with Gasteiger partial charge in [-0.05, 0) is 35.2 Å². The molecule has 0 aliphatic rings. The lowest BCUT2D eigenvalue weighted by Crippen LogP contribution is -2.22. The van der Waals surface area contributed by atoms with Gasteiger partial charge in [-0.25, -0.2) is 0 Å². The van der Waals surface area contributed by atoms with E-state index >= 15 is 0 Å². The van der Waals surface area contributed by atoms with Gasteiger partial charge in [-0.15, -0.1) is 0 Å². The summed E-state index contributed by atoms with van der Waals surface area (Å²) in [5, 5.41) is 5.43. The molecule has 0 fully saturated rings. The van der Waals surface area contributed by atoms with E-state index in [0.717, 1.165) is 16.8 Å². The molecule has 27 heavy (non-hydrogen) atoms. The van der Waals surface area contributed by atoms with E-state index < -0.39 is 5.97 Å². The Morgan fingerprint density at radius 2 is 1.63 bits per heavy atom. The quantitative estimate of drug-likeness (QED) is 0.733. The van der Waals surface area contributed by atoms with E-state index in [4.69, 9.17) is 4.74 Å². The molecule has 0 saturated heterocycles. The number of hydrogen-bond acceptors (Lipinski definition) is 4. The van der Waals surface area contributed by atoms with Gasteiger partial charge in [0.1, 0.15) is 0 Å². The van der Waals surface area contributed by atoms with Gasteiger partial charge in [0, 0.05) is 18.3 Å². The molecule has 0 aliphatic carbocycles. The minimum Gasteiger partial charge on any atom is -0.455 e. The molecule has 2 aromatic rings. The molecule has 0 atom stereocenters. The molecule has 0 saturated carbocycles. The van der Waals surface area contributed by atoms with Crippen molar-refractivity contribution in [2.75, 3.05) is 17.2 Å². The van der Waals surface area contributed by atoms with Crippen LogP contribution >= 0.6 is 0 Å². The lowest BCUT2D eigenvalue weighted by atomic mass is 10.0. The molecule has 0 unspecified atom stereocenters. The summed E-state index contributed by atoms with van der Waals surface area (Å²) in [5.41, 5.74) is 3.14. The highest BCUT2D eigenvalue weighted by atomic mass is 16.5. The Labute approximate surface area is 158 Å². The van der Waals surface area contributed by atoms with Crippen LogP contribution in [0.1, 0.15) is 37.8 Å². The van der Waals surface area contributed by atoms with Gasteiger partial charge in [0.2, 0.25) is 5.91 Å². The number of amides is 2. The fourth-order valence-corrected chi connectivity index (χ4v) is 2.57. The first-order valence-electron chi connectivity index (χ1n) is 8.76. The number of esters is 1. The second kappa shape index (κ2) is 9.52. The van der Waals surface area contributed by atoms with E-state index in [1.54, 1.807) is 24.3 Å². The average Bonchev–Trinajstić information content (AvgIpc) is 2.61. The molecule has 0 spiro atoms. The van der Waals surface area contributed by atoms with Crippen LogP contribution < -0.4 is 10.6 Å². The minimum atomic E-state index is -0.491. The van der Waals surface area contributed by atoms with Crippen LogP contribution in [0, 0.1) is 0 Å². The summed E-state index contributed by atoms with van der Waals surface area (Å²) in [6.45, 7) is 5.18. The largest absolute Gasteiger partial charge is 0.455 e. The number of rotatable bonds is 7. The lowest BCUT2D eigenvalue weighted by Gasteiger charge is -2.13. The van der Waals surface area contributed by atoms with E-state index in [-0.39, 0.29) is 30.8 Å². The fourth-order valence-electron chi connectivity index (χ4n) is 2.57. The zero-order valence-corrected chi connectivity index (χ0v) is 15.7. The van der Waals surface area contributed by atoms with E-state index in [9.17, 15) is 14.4 Å². The maximum Gasteiger partial charge on any atom is 0.310 e. The number of nitrogens with one attached hydrogen (secondary N) is 2. The maximum absolute atomic E-state index is 12.1. The summed E-state index contributed by atoms with van der Waals surface area (Å²) in [6.07, 6.45) is 0.0518. The van der Waals surface area contributed by atoms with Crippen molar-refractivity contribution >= 4 is 29.2 Å².